The van der Waals surface area contributed by atoms with Gasteiger partial charge in [-0.05, 0) is 44.2 Å². The summed E-state index contributed by atoms with van der Waals surface area (Å²) in [5.74, 6) is -1.58. The van der Waals surface area contributed by atoms with Gasteiger partial charge in [-0.3, -0.25) is 4.79 Å². The molecule has 2 aromatic rings. The Bertz CT molecular complexity index is 765. The van der Waals surface area contributed by atoms with E-state index in [1.54, 1.807) is 18.2 Å². The normalized spacial score (nSPS) is 15.2. The Morgan fingerprint density at radius 3 is 2.58 bits per heavy atom. The molecule has 1 saturated heterocycles. The second-order valence-electron chi connectivity index (χ2n) is 6.23. The topological polar surface area (TPSA) is 41.6 Å². The molecule has 3 rings (SSSR count). The summed E-state index contributed by atoms with van der Waals surface area (Å²) in [6.45, 7) is 1.98. The van der Waals surface area contributed by atoms with Crippen LogP contribution in [0.1, 0.15) is 23.2 Å². The molecular formula is C19H21ClF2N2O2. The average molecular weight is 383 g/mol. The van der Waals surface area contributed by atoms with Gasteiger partial charge >= 0.3 is 0 Å². The molecule has 0 aromatic heterocycles. The molecular weight excluding hydrogens is 362 g/mol. The Morgan fingerprint density at radius 1 is 1.15 bits per heavy atom. The summed E-state index contributed by atoms with van der Waals surface area (Å²) in [4.78, 5) is 14.4. The van der Waals surface area contributed by atoms with Crippen molar-refractivity contribution < 1.29 is 18.3 Å². The van der Waals surface area contributed by atoms with Crippen molar-refractivity contribution in [1.82, 2.24) is 4.90 Å². The van der Waals surface area contributed by atoms with Crippen molar-refractivity contribution in [2.24, 2.45) is 0 Å². The largest absolute Gasteiger partial charge is 0.490 e. The van der Waals surface area contributed by atoms with E-state index in [4.69, 9.17) is 4.74 Å². The van der Waals surface area contributed by atoms with Crippen molar-refractivity contribution >= 4 is 24.0 Å². The van der Waals surface area contributed by atoms with Crippen LogP contribution in [0.5, 0.6) is 5.75 Å². The number of ether oxygens (including phenoxy) is 1. The van der Waals surface area contributed by atoms with Gasteiger partial charge in [-0.1, -0.05) is 6.07 Å². The number of likely N-dealkylation sites (tertiary alicyclic amines) is 1. The van der Waals surface area contributed by atoms with Crippen molar-refractivity contribution in [3.05, 3.63) is 59.7 Å². The Morgan fingerprint density at radius 2 is 1.88 bits per heavy atom. The lowest BCUT2D eigenvalue weighted by molar-refractivity contribution is 0.102. The van der Waals surface area contributed by atoms with Crippen molar-refractivity contribution in [3.63, 3.8) is 0 Å². The lowest BCUT2D eigenvalue weighted by atomic mass is 10.1. The van der Waals surface area contributed by atoms with Crippen LogP contribution in [0.3, 0.4) is 0 Å². The van der Waals surface area contributed by atoms with Gasteiger partial charge in [-0.2, -0.15) is 0 Å². The molecule has 7 heteroatoms. The van der Waals surface area contributed by atoms with Gasteiger partial charge < -0.3 is 15.0 Å². The van der Waals surface area contributed by atoms with Crippen LogP contribution in [0, 0.1) is 11.6 Å². The summed E-state index contributed by atoms with van der Waals surface area (Å²) in [7, 11) is 2.08. The van der Waals surface area contributed by atoms with Crippen molar-refractivity contribution in [2.45, 2.75) is 18.9 Å². The van der Waals surface area contributed by atoms with Crippen LogP contribution in [-0.4, -0.2) is 37.0 Å². The minimum absolute atomic E-state index is 0. The standard InChI is InChI=1S/C19H20F2N2O2.ClH/c1-23-9-7-15(8-10-23)25-16-4-2-3-14(12-16)22-19(24)17-6-5-13(20)11-18(17)21;/h2-6,11-12,15H,7-10H2,1H3,(H,22,24);1H. The zero-order valence-corrected chi connectivity index (χ0v) is 15.2. The van der Waals surface area contributed by atoms with E-state index >= 15 is 0 Å². The first-order chi connectivity index (χ1) is 12.0. The molecule has 4 nitrogen and oxygen atoms in total. The number of nitrogens with zero attached hydrogens (tertiary/aromatic N) is 1. The van der Waals surface area contributed by atoms with E-state index in [2.05, 4.69) is 17.3 Å². The number of halogens is 3. The number of benzene rings is 2. The first kappa shape index (κ1) is 20.1. The maximum Gasteiger partial charge on any atom is 0.258 e. The third kappa shape index (κ3) is 5.16. The third-order valence-electron chi connectivity index (χ3n) is 4.24. The first-order valence-electron chi connectivity index (χ1n) is 8.23. The quantitative estimate of drug-likeness (QED) is 0.865. The number of nitrogens with one attached hydrogen (secondary N) is 1. The highest BCUT2D eigenvalue weighted by molar-refractivity contribution is 6.04. The summed E-state index contributed by atoms with van der Waals surface area (Å²) in [6, 6.07) is 9.86. The second kappa shape index (κ2) is 8.96. The molecule has 0 atom stereocenters. The Kier molecular flexibility index (Phi) is 6.94. The zero-order chi connectivity index (χ0) is 17.8. The van der Waals surface area contributed by atoms with Crippen LogP contribution in [0.15, 0.2) is 42.5 Å². The van der Waals surface area contributed by atoms with E-state index in [9.17, 15) is 13.6 Å². The van der Waals surface area contributed by atoms with Gasteiger partial charge in [0.2, 0.25) is 0 Å². The fourth-order valence-electron chi connectivity index (χ4n) is 2.81. The molecule has 0 bridgehead atoms. The van der Waals surface area contributed by atoms with Crippen molar-refractivity contribution in [1.29, 1.82) is 0 Å². The molecule has 1 aliphatic rings. The molecule has 1 aliphatic heterocycles. The zero-order valence-electron chi connectivity index (χ0n) is 14.4. The molecule has 0 saturated carbocycles. The Hall–Kier alpha value is -2.18. The van der Waals surface area contributed by atoms with Gasteiger partial charge in [0, 0.05) is 30.9 Å². The van der Waals surface area contributed by atoms with Crippen LogP contribution in [0.4, 0.5) is 14.5 Å². The van der Waals surface area contributed by atoms with Gasteiger partial charge in [0.1, 0.15) is 23.5 Å². The van der Waals surface area contributed by atoms with E-state index in [1.807, 2.05) is 6.07 Å². The van der Waals surface area contributed by atoms with E-state index in [0.29, 0.717) is 17.5 Å². The number of hydrogen-bond acceptors (Lipinski definition) is 3. The molecule has 0 radical (unpaired) electrons. The fourth-order valence-corrected chi connectivity index (χ4v) is 2.81. The van der Waals surface area contributed by atoms with Crippen molar-refractivity contribution in [2.75, 3.05) is 25.5 Å². The summed E-state index contributed by atoms with van der Waals surface area (Å²) >= 11 is 0. The number of carbonyl (C=O) groups excluding carboxylic acids is 1. The minimum atomic E-state index is -0.892. The third-order valence-corrected chi connectivity index (χ3v) is 4.24. The number of amides is 1. The molecule has 1 fully saturated rings. The lowest BCUT2D eigenvalue weighted by Gasteiger charge is -2.29. The fraction of sp³-hybridized carbons (Fsp3) is 0.316. The highest BCUT2D eigenvalue weighted by Crippen LogP contribution is 2.22. The van der Waals surface area contributed by atoms with Gasteiger partial charge in [-0.15, -0.1) is 12.4 Å². The van der Waals surface area contributed by atoms with Crippen LogP contribution in [-0.2, 0) is 0 Å². The van der Waals surface area contributed by atoms with E-state index < -0.39 is 17.5 Å². The van der Waals surface area contributed by atoms with Gasteiger partial charge in [-0.25, -0.2) is 8.78 Å². The van der Waals surface area contributed by atoms with Gasteiger partial charge in [0.25, 0.3) is 5.91 Å². The van der Waals surface area contributed by atoms with Gasteiger partial charge in [0.15, 0.2) is 0 Å². The number of piperidine rings is 1. The summed E-state index contributed by atoms with van der Waals surface area (Å²) in [5, 5.41) is 2.61. The first-order valence-corrected chi connectivity index (χ1v) is 8.23. The number of rotatable bonds is 4. The monoisotopic (exact) mass is 382 g/mol. The van der Waals surface area contributed by atoms with E-state index in [1.165, 1.54) is 0 Å². The summed E-state index contributed by atoms with van der Waals surface area (Å²) in [6.07, 6.45) is 2.05. The second-order valence-corrected chi connectivity index (χ2v) is 6.23. The van der Waals surface area contributed by atoms with Crippen LogP contribution >= 0.6 is 12.4 Å². The Labute approximate surface area is 157 Å². The minimum Gasteiger partial charge on any atom is -0.490 e. The molecule has 140 valence electrons. The predicted molar refractivity (Wildman–Crippen MR) is 99.1 cm³/mol. The molecule has 0 unspecified atom stereocenters. The molecule has 1 N–H and O–H groups in total. The van der Waals surface area contributed by atoms with E-state index in [0.717, 1.165) is 38.1 Å². The SMILES string of the molecule is CN1CCC(Oc2cccc(NC(=O)c3ccc(F)cc3F)c2)CC1.Cl. The summed E-state index contributed by atoms with van der Waals surface area (Å²) in [5.41, 5.74) is 0.294. The maximum atomic E-state index is 13.7. The molecule has 26 heavy (non-hydrogen) atoms. The van der Waals surface area contributed by atoms with Gasteiger partial charge in [0.05, 0.1) is 5.56 Å². The van der Waals surface area contributed by atoms with Crippen LogP contribution in [0.2, 0.25) is 0 Å². The number of anilines is 1. The van der Waals surface area contributed by atoms with Crippen molar-refractivity contribution in [3.8, 4) is 5.75 Å². The van der Waals surface area contributed by atoms with Crippen LogP contribution in [0.25, 0.3) is 0 Å². The molecule has 1 amide bonds. The maximum absolute atomic E-state index is 13.7. The average Bonchev–Trinajstić information content (AvgIpc) is 2.57. The molecule has 2 aromatic carbocycles. The van der Waals surface area contributed by atoms with E-state index in [-0.39, 0.29) is 24.1 Å². The smallest absolute Gasteiger partial charge is 0.258 e. The Balaban J connectivity index is 0.00000243. The highest BCUT2D eigenvalue weighted by Gasteiger charge is 2.18. The number of carbonyl (C=O) groups is 1. The van der Waals surface area contributed by atoms with Crippen LogP contribution < -0.4 is 10.1 Å². The molecule has 0 spiro atoms. The number of hydrogen-bond donors (Lipinski definition) is 1. The summed E-state index contributed by atoms with van der Waals surface area (Å²) < 4.78 is 32.6. The molecule has 0 aliphatic carbocycles. The molecule has 1 heterocycles. The lowest BCUT2D eigenvalue weighted by Crippen LogP contribution is -2.35. The predicted octanol–water partition coefficient (Wildman–Crippen LogP) is 4.11. The highest BCUT2D eigenvalue weighted by atomic mass is 35.5.